The maximum absolute atomic E-state index is 10.1. The largest absolute Gasteiger partial charge is 0.366 e. The zero-order valence-corrected chi connectivity index (χ0v) is 5.57. The third kappa shape index (κ3) is 6.55. The van der Waals surface area contributed by atoms with Gasteiger partial charge in [0.1, 0.15) is 0 Å². The first-order valence-electron chi connectivity index (χ1n) is 2.63. The van der Waals surface area contributed by atoms with Crippen molar-refractivity contribution in [2.24, 2.45) is 10.7 Å². The van der Waals surface area contributed by atoms with E-state index in [0.29, 0.717) is 0 Å². The SMILES string of the molecule is CC(=O)N=CC=CC(N)=O. The van der Waals surface area contributed by atoms with Gasteiger partial charge in [0.05, 0.1) is 0 Å². The summed E-state index contributed by atoms with van der Waals surface area (Å²) in [4.78, 5) is 23.5. The summed E-state index contributed by atoms with van der Waals surface area (Å²) < 4.78 is 0. The quantitative estimate of drug-likeness (QED) is 0.420. The smallest absolute Gasteiger partial charge is 0.242 e. The number of carbonyl (C=O) groups excluding carboxylic acids is 2. The van der Waals surface area contributed by atoms with E-state index in [1.807, 2.05) is 0 Å². The summed E-state index contributed by atoms with van der Waals surface area (Å²) in [5, 5.41) is 0. The van der Waals surface area contributed by atoms with E-state index in [1.54, 1.807) is 0 Å². The van der Waals surface area contributed by atoms with Gasteiger partial charge < -0.3 is 5.73 Å². The van der Waals surface area contributed by atoms with Crippen LogP contribution in [0.1, 0.15) is 6.92 Å². The summed E-state index contributed by atoms with van der Waals surface area (Å²) in [7, 11) is 0. The Hall–Kier alpha value is -1.45. The molecule has 0 aliphatic heterocycles. The van der Waals surface area contributed by atoms with E-state index in [-0.39, 0.29) is 5.91 Å². The number of hydrogen-bond donors (Lipinski definition) is 1. The van der Waals surface area contributed by atoms with E-state index >= 15 is 0 Å². The molecule has 0 atom stereocenters. The Bertz CT molecular complexity index is 172. The van der Waals surface area contributed by atoms with Gasteiger partial charge in [-0.15, -0.1) is 0 Å². The predicted octanol–water partition coefficient (Wildman–Crippen LogP) is -0.355. The molecule has 0 bridgehead atoms. The van der Waals surface area contributed by atoms with Crippen LogP contribution in [0.3, 0.4) is 0 Å². The van der Waals surface area contributed by atoms with Gasteiger partial charge in [-0.05, 0) is 6.08 Å². The number of amides is 2. The maximum Gasteiger partial charge on any atom is 0.242 e. The molecule has 0 saturated heterocycles. The Kier molecular flexibility index (Phi) is 3.79. The van der Waals surface area contributed by atoms with Crippen LogP contribution in [0.25, 0.3) is 0 Å². The van der Waals surface area contributed by atoms with Crippen LogP contribution in [0.2, 0.25) is 0 Å². The van der Waals surface area contributed by atoms with E-state index in [0.717, 1.165) is 6.08 Å². The Morgan fingerprint density at radius 2 is 2.10 bits per heavy atom. The van der Waals surface area contributed by atoms with Gasteiger partial charge in [0.15, 0.2) is 0 Å². The standard InChI is InChI=1S/C6H8N2O2/c1-5(9)8-4-2-3-6(7)10/h2-4H,1H3,(H2,7,10). The number of primary amides is 1. The summed E-state index contributed by atoms with van der Waals surface area (Å²) in [6.07, 6.45) is 3.64. The van der Waals surface area contributed by atoms with Crippen LogP contribution < -0.4 is 5.73 Å². The lowest BCUT2D eigenvalue weighted by Crippen LogP contribution is -2.05. The second-order valence-electron chi connectivity index (χ2n) is 1.56. The van der Waals surface area contributed by atoms with E-state index in [4.69, 9.17) is 5.73 Å². The molecule has 0 fully saturated rings. The molecule has 0 aromatic carbocycles. The zero-order valence-electron chi connectivity index (χ0n) is 5.57. The van der Waals surface area contributed by atoms with Gasteiger partial charge in [0.2, 0.25) is 11.8 Å². The number of aliphatic imine (C=N–C) groups is 1. The van der Waals surface area contributed by atoms with Crippen molar-refractivity contribution in [2.75, 3.05) is 0 Å². The highest BCUT2D eigenvalue weighted by Crippen LogP contribution is 1.70. The average molecular weight is 140 g/mol. The molecule has 4 nitrogen and oxygen atoms in total. The summed E-state index contributed by atoms with van der Waals surface area (Å²) in [5.74, 6) is -0.871. The Morgan fingerprint density at radius 3 is 2.50 bits per heavy atom. The number of carbonyl (C=O) groups is 2. The minimum absolute atomic E-state index is 0.311. The highest BCUT2D eigenvalue weighted by atomic mass is 16.1. The van der Waals surface area contributed by atoms with Crippen LogP contribution in [0.4, 0.5) is 0 Å². The lowest BCUT2D eigenvalue weighted by Gasteiger charge is -1.76. The predicted molar refractivity (Wildman–Crippen MR) is 37.5 cm³/mol. The van der Waals surface area contributed by atoms with Gasteiger partial charge in [-0.3, -0.25) is 9.59 Å². The fraction of sp³-hybridized carbons (Fsp3) is 0.167. The Morgan fingerprint density at radius 1 is 1.50 bits per heavy atom. The van der Waals surface area contributed by atoms with Crippen molar-refractivity contribution in [3.05, 3.63) is 12.2 Å². The average Bonchev–Trinajstić information content (AvgIpc) is 1.79. The molecule has 0 unspecified atom stereocenters. The summed E-state index contributed by atoms with van der Waals surface area (Å²) >= 11 is 0. The van der Waals surface area contributed by atoms with Gasteiger partial charge in [-0.2, -0.15) is 0 Å². The lowest BCUT2D eigenvalue weighted by molar-refractivity contribution is -0.116. The van der Waals surface area contributed by atoms with Crippen LogP contribution in [0.15, 0.2) is 17.1 Å². The molecule has 0 aromatic heterocycles. The number of rotatable bonds is 2. The lowest BCUT2D eigenvalue weighted by atomic mass is 10.5. The first-order valence-corrected chi connectivity index (χ1v) is 2.63. The molecule has 0 heterocycles. The van der Waals surface area contributed by atoms with Crippen molar-refractivity contribution in [1.29, 1.82) is 0 Å². The number of nitrogens with zero attached hydrogens (tertiary/aromatic N) is 1. The van der Waals surface area contributed by atoms with Gasteiger partial charge >= 0.3 is 0 Å². The summed E-state index contributed by atoms with van der Waals surface area (Å²) in [6.45, 7) is 1.31. The van der Waals surface area contributed by atoms with Gasteiger partial charge in [0.25, 0.3) is 0 Å². The van der Waals surface area contributed by atoms with Crippen molar-refractivity contribution in [3.8, 4) is 0 Å². The molecule has 0 aliphatic rings. The molecular formula is C6H8N2O2. The minimum atomic E-state index is -0.560. The molecular weight excluding hydrogens is 132 g/mol. The van der Waals surface area contributed by atoms with Crippen LogP contribution in [-0.2, 0) is 9.59 Å². The second kappa shape index (κ2) is 4.43. The van der Waals surface area contributed by atoms with Crippen LogP contribution in [-0.4, -0.2) is 18.0 Å². The monoisotopic (exact) mass is 140 g/mol. The van der Waals surface area contributed by atoms with Crippen molar-refractivity contribution in [1.82, 2.24) is 0 Å². The molecule has 0 spiro atoms. The van der Waals surface area contributed by atoms with Crippen molar-refractivity contribution < 1.29 is 9.59 Å². The normalized spacial score (nSPS) is 10.9. The molecule has 10 heavy (non-hydrogen) atoms. The molecule has 0 aliphatic carbocycles. The number of nitrogens with two attached hydrogens (primary N) is 1. The maximum atomic E-state index is 10.1. The van der Waals surface area contributed by atoms with E-state index in [1.165, 1.54) is 19.2 Å². The Balaban J connectivity index is 3.73. The van der Waals surface area contributed by atoms with Crippen LogP contribution >= 0.6 is 0 Å². The third-order valence-electron chi connectivity index (χ3n) is 0.603. The molecule has 54 valence electrons. The van der Waals surface area contributed by atoms with Crippen molar-refractivity contribution in [3.63, 3.8) is 0 Å². The molecule has 0 radical (unpaired) electrons. The first kappa shape index (κ1) is 8.55. The zero-order chi connectivity index (χ0) is 7.98. The second-order valence-corrected chi connectivity index (χ2v) is 1.56. The topological polar surface area (TPSA) is 72.5 Å². The molecule has 2 N–H and O–H groups in total. The first-order chi connectivity index (χ1) is 4.63. The molecule has 0 saturated carbocycles. The number of hydrogen-bond acceptors (Lipinski definition) is 2. The highest BCUT2D eigenvalue weighted by molar-refractivity contribution is 5.93. The van der Waals surface area contributed by atoms with Gasteiger partial charge in [0, 0.05) is 19.2 Å². The fourth-order valence-corrected chi connectivity index (χ4v) is 0.286. The van der Waals surface area contributed by atoms with E-state index in [2.05, 4.69) is 4.99 Å². The summed E-state index contributed by atoms with van der Waals surface area (Å²) in [5.41, 5.74) is 4.74. The minimum Gasteiger partial charge on any atom is -0.366 e. The van der Waals surface area contributed by atoms with E-state index in [9.17, 15) is 9.59 Å². The van der Waals surface area contributed by atoms with E-state index < -0.39 is 5.91 Å². The summed E-state index contributed by atoms with van der Waals surface area (Å²) in [6, 6.07) is 0. The third-order valence-corrected chi connectivity index (χ3v) is 0.603. The van der Waals surface area contributed by atoms with Crippen molar-refractivity contribution >= 4 is 18.0 Å². The molecule has 0 rings (SSSR count). The van der Waals surface area contributed by atoms with Crippen molar-refractivity contribution in [2.45, 2.75) is 6.92 Å². The van der Waals surface area contributed by atoms with Crippen LogP contribution in [0.5, 0.6) is 0 Å². The molecule has 2 amide bonds. The van der Waals surface area contributed by atoms with Crippen LogP contribution in [0, 0.1) is 0 Å². The molecule has 4 heteroatoms. The van der Waals surface area contributed by atoms with Gasteiger partial charge in [-0.25, -0.2) is 4.99 Å². The Labute approximate surface area is 58.4 Å². The molecule has 0 aromatic rings. The van der Waals surface area contributed by atoms with Gasteiger partial charge in [-0.1, -0.05) is 0 Å². The fourth-order valence-electron chi connectivity index (χ4n) is 0.286. The number of allylic oxidation sites excluding steroid dienone is 1. The highest BCUT2D eigenvalue weighted by Gasteiger charge is 1.80.